The molecule has 1 spiro atoms. The molecule has 0 saturated heterocycles. The van der Waals surface area contributed by atoms with Crippen molar-refractivity contribution >= 4 is 39.6 Å². The molecule has 61 heavy (non-hydrogen) atoms. The lowest BCUT2D eigenvalue weighted by atomic mass is 9.67. The molecule has 12 rings (SSSR count). The summed E-state index contributed by atoms with van der Waals surface area (Å²) < 4.78 is 0. The van der Waals surface area contributed by atoms with Gasteiger partial charge in [0.1, 0.15) is 0 Å². The minimum Gasteiger partial charge on any atom is -0.311 e. The van der Waals surface area contributed by atoms with E-state index < -0.39 is 5.41 Å². The Morgan fingerprint density at radius 1 is 0.295 bits per heavy atom. The van der Waals surface area contributed by atoms with Crippen LogP contribution in [0.2, 0.25) is 0 Å². The highest BCUT2D eigenvalue weighted by atomic mass is 32.2. The van der Waals surface area contributed by atoms with Gasteiger partial charge >= 0.3 is 0 Å². The van der Waals surface area contributed by atoms with Crippen molar-refractivity contribution in [2.24, 2.45) is 0 Å². The zero-order chi connectivity index (χ0) is 40.3. The van der Waals surface area contributed by atoms with Gasteiger partial charge in [-0.1, -0.05) is 200 Å². The molecule has 0 fully saturated rings. The summed E-state index contributed by atoms with van der Waals surface area (Å²) in [6.45, 7) is 0. The van der Waals surface area contributed by atoms with E-state index in [1.165, 1.54) is 87.3 Å². The molecule has 1 aliphatic heterocycles. The molecular weight excluding hydrogens is 755 g/mol. The maximum Gasteiger partial charge on any atom is 0.0735 e. The SMILES string of the molecule is c1ccc(-c2ccc(N(c3ccc(-c4ccccc4)cc3)c3ccc(-c4cccc5c4-c4c(ccc6ccccc46)C54c5ccccc5Sc5ccccc54)cc3)cc2)cc1. The summed E-state index contributed by atoms with van der Waals surface area (Å²) in [7, 11) is 0. The van der Waals surface area contributed by atoms with E-state index in [1.54, 1.807) is 0 Å². The van der Waals surface area contributed by atoms with Crippen molar-refractivity contribution in [2.45, 2.75) is 15.2 Å². The van der Waals surface area contributed by atoms with Crippen molar-refractivity contribution in [1.82, 2.24) is 0 Å². The molecule has 0 aromatic heterocycles. The summed E-state index contributed by atoms with van der Waals surface area (Å²) >= 11 is 1.89. The number of anilines is 3. The minimum atomic E-state index is -0.447. The third kappa shape index (κ3) is 5.64. The second-order valence-electron chi connectivity index (χ2n) is 16.0. The first-order valence-electron chi connectivity index (χ1n) is 21.0. The van der Waals surface area contributed by atoms with Gasteiger partial charge in [-0.3, -0.25) is 0 Å². The first-order chi connectivity index (χ1) is 30.3. The quantitative estimate of drug-likeness (QED) is 0.165. The highest BCUT2D eigenvalue weighted by Gasteiger charge is 2.51. The molecule has 10 aromatic rings. The van der Waals surface area contributed by atoms with Crippen LogP contribution in [0.5, 0.6) is 0 Å². The van der Waals surface area contributed by atoms with Crippen LogP contribution in [0.3, 0.4) is 0 Å². The number of hydrogen-bond acceptors (Lipinski definition) is 2. The summed E-state index contributed by atoms with van der Waals surface area (Å²) in [5, 5.41) is 2.55. The van der Waals surface area contributed by atoms with E-state index in [9.17, 15) is 0 Å². The standard InChI is InChI=1S/C59H39NS/c1-3-14-40(15-4-1)42-26-33-46(34-27-42)60(47-35-28-43(29-36-47)41-16-5-2-6-17-41)48-37-30-45(31-38-48)50-20-13-23-53-57(50)58-49-19-8-7-18-44(49)32-39-54(58)59(53)51-21-9-11-24-55(51)61-56-25-12-10-22-52(56)59/h1-39H. The zero-order valence-corrected chi connectivity index (χ0v) is 34.2. The lowest BCUT2D eigenvalue weighted by molar-refractivity contribution is 0.723. The fourth-order valence-electron chi connectivity index (χ4n) is 10.1. The van der Waals surface area contributed by atoms with Crippen molar-refractivity contribution in [1.29, 1.82) is 0 Å². The van der Waals surface area contributed by atoms with Crippen molar-refractivity contribution in [3.05, 3.63) is 259 Å². The maximum atomic E-state index is 2.41. The monoisotopic (exact) mass is 793 g/mol. The Kier molecular flexibility index (Phi) is 8.40. The first kappa shape index (κ1) is 35.5. The van der Waals surface area contributed by atoms with E-state index in [1.807, 2.05) is 11.8 Å². The third-order valence-electron chi connectivity index (χ3n) is 12.8. The van der Waals surface area contributed by atoms with Crippen molar-refractivity contribution < 1.29 is 0 Å². The molecular formula is C59H39NS. The molecule has 0 saturated carbocycles. The molecule has 2 aliphatic rings. The van der Waals surface area contributed by atoms with Gasteiger partial charge in [-0.05, 0) is 126 Å². The minimum absolute atomic E-state index is 0.447. The van der Waals surface area contributed by atoms with Crippen LogP contribution >= 0.6 is 11.8 Å². The fraction of sp³-hybridized carbons (Fsp3) is 0.0169. The number of hydrogen-bond donors (Lipinski definition) is 0. The van der Waals surface area contributed by atoms with Gasteiger partial charge in [0.25, 0.3) is 0 Å². The molecule has 1 heterocycles. The van der Waals surface area contributed by atoms with Crippen LogP contribution in [0.4, 0.5) is 17.1 Å². The highest BCUT2D eigenvalue weighted by Crippen LogP contribution is 2.64. The second kappa shape index (κ2) is 14.4. The van der Waals surface area contributed by atoms with Gasteiger partial charge in [-0.25, -0.2) is 0 Å². The summed E-state index contributed by atoms with van der Waals surface area (Å²) in [6, 6.07) is 87.1. The number of benzene rings is 10. The van der Waals surface area contributed by atoms with Crippen molar-refractivity contribution in [3.63, 3.8) is 0 Å². The van der Waals surface area contributed by atoms with E-state index in [0.29, 0.717) is 0 Å². The first-order valence-corrected chi connectivity index (χ1v) is 21.8. The molecule has 2 heteroatoms. The van der Waals surface area contributed by atoms with E-state index in [4.69, 9.17) is 0 Å². The number of fused-ring (bicyclic) bond motifs is 11. The molecule has 10 aromatic carbocycles. The second-order valence-corrected chi connectivity index (χ2v) is 17.1. The van der Waals surface area contributed by atoms with Crippen LogP contribution in [0.1, 0.15) is 22.3 Å². The molecule has 0 bridgehead atoms. The van der Waals surface area contributed by atoms with Gasteiger partial charge in [0, 0.05) is 26.9 Å². The summed E-state index contributed by atoms with van der Waals surface area (Å²) in [6.07, 6.45) is 0. The van der Waals surface area contributed by atoms with E-state index in [-0.39, 0.29) is 0 Å². The summed E-state index contributed by atoms with van der Waals surface area (Å²) in [5.41, 5.74) is 18.2. The molecule has 0 atom stereocenters. The van der Waals surface area contributed by atoms with Gasteiger partial charge < -0.3 is 4.90 Å². The smallest absolute Gasteiger partial charge is 0.0735 e. The van der Waals surface area contributed by atoms with E-state index in [2.05, 4.69) is 241 Å². The van der Waals surface area contributed by atoms with Gasteiger partial charge in [-0.15, -0.1) is 0 Å². The predicted octanol–water partition coefficient (Wildman–Crippen LogP) is 16.1. The van der Waals surface area contributed by atoms with Crippen molar-refractivity contribution in [2.75, 3.05) is 4.90 Å². The lowest BCUT2D eigenvalue weighted by Crippen LogP contribution is -2.31. The fourth-order valence-corrected chi connectivity index (χ4v) is 11.2. The van der Waals surface area contributed by atoms with Crippen LogP contribution in [0, 0.1) is 0 Å². The van der Waals surface area contributed by atoms with Gasteiger partial charge in [-0.2, -0.15) is 0 Å². The Morgan fingerprint density at radius 3 is 1.31 bits per heavy atom. The molecule has 1 nitrogen and oxygen atoms in total. The van der Waals surface area contributed by atoms with Gasteiger partial charge in [0.15, 0.2) is 0 Å². The normalized spacial score (nSPS) is 13.0. The largest absolute Gasteiger partial charge is 0.311 e. The third-order valence-corrected chi connectivity index (χ3v) is 13.9. The van der Waals surface area contributed by atoms with Crippen LogP contribution in [0.15, 0.2) is 246 Å². The van der Waals surface area contributed by atoms with E-state index in [0.717, 1.165) is 17.1 Å². The van der Waals surface area contributed by atoms with Crippen LogP contribution in [0.25, 0.3) is 55.3 Å². The highest BCUT2D eigenvalue weighted by molar-refractivity contribution is 7.99. The number of rotatable bonds is 6. The molecule has 1 aliphatic carbocycles. The van der Waals surface area contributed by atoms with Crippen LogP contribution < -0.4 is 4.90 Å². The maximum absolute atomic E-state index is 2.41. The van der Waals surface area contributed by atoms with Gasteiger partial charge in [0.2, 0.25) is 0 Å². The lowest BCUT2D eigenvalue weighted by Gasteiger charge is -2.39. The Hall–Kier alpha value is -7.39. The molecule has 0 amide bonds. The number of nitrogens with zero attached hydrogens (tertiary/aromatic N) is 1. The van der Waals surface area contributed by atoms with Crippen LogP contribution in [-0.4, -0.2) is 0 Å². The zero-order valence-electron chi connectivity index (χ0n) is 33.4. The molecule has 0 radical (unpaired) electrons. The predicted molar refractivity (Wildman–Crippen MR) is 256 cm³/mol. The Balaban J connectivity index is 1.03. The van der Waals surface area contributed by atoms with Gasteiger partial charge in [0.05, 0.1) is 5.41 Å². The van der Waals surface area contributed by atoms with Crippen LogP contribution in [-0.2, 0) is 5.41 Å². The van der Waals surface area contributed by atoms with E-state index >= 15 is 0 Å². The average molecular weight is 794 g/mol. The Labute approximate surface area is 361 Å². The molecule has 0 N–H and O–H groups in total. The molecule has 286 valence electrons. The topological polar surface area (TPSA) is 3.24 Å². The Bertz CT molecular complexity index is 3110. The average Bonchev–Trinajstić information content (AvgIpc) is 3.64. The Morgan fingerprint density at radius 2 is 0.738 bits per heavy atom. The van der Waals surface area contributed by atoms with Crippen molar-refractivity contribution in [3.8, 4) is 44.5 Å². The summed E-state index contributed by atoms with van der Waals surface area (Å²) in [5.74, 6) is 0. The molecule has 0 unspecified atom stereocenters. The summed E-state index contributed by atoms with van der Waals surface area (Å²) in [4.78, 5) is 5.00.